The average molecular weight is 381 g/mol. The van der Waals surface area contributed by atoms with Crippen LogP contribution in [0.4, 0.5) is 20.2 Å². The normalized spacial score (nSPS) is 13.2. The van der Waals surface area contributed by atoms with Gasteiger partial charge in [-0.1, -0.05) is 12.1 Å². The third-order valence-corrected chi connectivity index (χ3v) is 4.60. The Morgan fingerprint density at radius 2 is 1.89 bits per heavy atom. The van der Waals surface area contributed by atoms with Crippen molar-refractivity contribution in [2.45, 2.75) is 18.8 Å². The fraction of sp³-hybridized carbons (Fsp3) is 0.190. The van der Waals surface area contributed by atoms with E-state index in [4.69, 9.17) is 4.74 Å². The number of esters is 1. The van der Waals surface area contributed by atoms with Gasteiger partial charge in [-0.2, -0.15) is 0 Å². The van der Waals surface area contributed by atoms with Crippen molar-refractivity contribution in [1.29, 1.82) is 0 Å². The van der Waals surface area contributed by atoms with Crippen molar-refractivity contribution in [2.75, 3.05) is 12.4 Å². The lowest BCUT2D eigenvalue weighted by atomic mass is 10.0. The molecule has 142 valence electrons. The summed E-state index contributed by atoms with van der Waals surface area (Å²) in [7, 11) is 1.35. The summed E-state index contributed by atoms with van der Waals surface area (Å²) in [6.07, 6.45) is 5.00. The van der Waals surface area contributed by atoms with Crippen LogP contribution < -0.4 is 5.32 Å². The van der Waals surface area contributed by atoms with E-state index >= 15 is 0 Å². The smallest absolute Gasteiger partial charge is 0.340 e. The van der Waals surface area contributed by atoms with Gasteiger partial charge in [-0.3, -0.25) is 0 Å². The third kappa shape index (κ3) is 3.55. The maximum Gasteiger partial charge on any atom is 0.340 e. The van der Waals surface area contributed by atoms with Crippen LogP contribution in [0, 0.1) is 11.6 Å². The summed E-state index contributed by atoms with van der Waals surface area (Å²) < 4.78 is 32.2. The van der Waals surface area contributed by atoms with Gasteiger partial charge in [-0.15, -0.1) is 0 Å². The number of hydrogen-bond acceptors (Lipinski definition) is 5. The molecule has 1 aromatic heterocycles. The molecule has 7 heteroatoms. The number of anilines is 2. The topological polar surface area (TPSA) is 64.1 Å². The molecule has 0 unspecified atom stereocenters. The van der Waals surface area contributed by atoms with Crippen molar-refractivity contribution in [3.63, 3.8) is 0 Å². The minimum Gasteiger partial charge on any atom is -0.465 e. The Morgan fingerprint density at radius 3 is 2.57 bits per heavy atom. The number of carbonyl (C=O) groups is 1. The standard InChI is InChI=1S/C21H17F2N3O2/c1-28-21(27)19-15(12-5-6-12)3-2-4-18(19)26-14-10-24-20(25-11-14)16-9-13(22)7-8-17(16)23/h2-4,7-12,26H,5-6H2,1H3. The number of halogens is 2. The number of hydrogen-bond donors (Lipinski definition) is 1. The highest BCUT2D eigenvalue weighted by atomic mass is 19.1. The summed E-state index contributed by atoms with van der Waals surface area (Å²) in [5, 5.41) is 3.12. The predicted octanol–water partition coefficient (Wildman–Crippen LogP) is 4.83. The van der Waals surface area contributed by atoms with Gasteiger partial charge in [0.05, 0.1) is 42.0 Å². The largest absolute Gasteiger partial charge is 0.465 e. The first-order valence-electron chi connectivity index (χ1n) is 8.82. The third-order valence-electron chi connectivity index (χ3n) is 4.60. The molecular weight excluding hydrogens is 364 g/mol. The summed E-state index contributed by atoms with van der Waals surface area (Å²) in [4.78, 5) is 20.5. The summed E-state index contributed by atoms with van der Waals surface area (Å²) in [5.74, 6) is -1.15. The van der Waals surface area contributed by atoms with Crippen LogP contribution in [-0.2, 0) is 4.74 Å². The Bertz CT molecular complexity index is 1030. The van der Waals surface area contributed by atoms with E-state index in [1.165, 1.54) is 19.5 Å². The van der Waals surface area contributed by atoms with Gasteiger partial charge < -0.3 is 10.1 Å². The number of benzene rings is 2. The van der Waals surface area contributed by atoms with Crippen molar-refractivity contribution < 1.29 is 18.3 Å². The fourth-order valence-corrected chi connectivity index (χ4v) is 3.09. The van der Waals surface area contributed by atoms with Gasteiger partial charge in [0.25, 0.3) is 0 Å². The highest BCUT2D eigenvalue weighted by Gasteiger charge is 2.30. The Hall–Kier alpha value is -3.35. The molecule has 1 saturated carbocycles. The van der Waals surface area contributed by atoms with Gasteiger partial charge >= 0.3 is 5.97 Å². The first-order chi connectivity index (χ1) is 13.6. The molecule has 1 heterocycles. The Morgan fingerprint density at radius 1 is 1.14 bits per heavy atom. The highest BCUT2D eigenvalue weighted by molar-refractivity contribution is 5.98. The van der Waals surface area contributed by atoms with Gasteiger partial charge in [0.1, 0.15) is 11.6 Å². The van der Waals surface area contributed by atoms with E-state index in [1.807, 2.05) is 12.1 Å². The molecule has 1 aliphatic carbocycles. The Balaban J connectivity index is 1.64. The van der Waals surface area contributed by atoms with E-state index in [2.05, 4.69) is 15.3 Å². The van der Waals surface area contributed by atoms with E-state index in [9.17, 15) is 13.6 Å². The molecule has 0 amide bonds. The minimum atomic E-state index is -0.604. The summed E-state index contributed by atoms with van der Waals surface area (Å²) in [5.41, 5.74) is 2.53. The highest BCUT2D eigenvalue weighted by Crippen LogP contribution is 2.43. The lowest BCUT2D eigenvalue weighted by Gasteiger charge is -2.14. The lowest BCUT2D eigenvalue weighted by Crippen LogP contribution is -2.09. The molecular formula is C21H17F2N3O2. The molecule has 2 aromatic carbocycles. The van der Waals surface area contributed by atoms with Gasteiger partial charge in [-0.25, -0.2) is 23.5 Å². The molecule has 1 fully saturated rings. The Labute approximate surface area is 160 Å². The van der Waals surface area contributed by atoms with Crippen LogP contribution in [-0.4, -0.2) is 23.0 Å². The van der Waals surface area contributed by atoms with E-state index < -0.39 is 17.6 Å². The molecule has 0 aliphatic heterocycles. The van der Waals surface area contributed by atoms with Crippen LogP contribution in [0.2, 0.25) is 0 Å². The molecule has 0 bridgehead atoms. The van der Waals surface area contributed by atoms with Crippen LogP contribution >= 0.6 is 0 Å². The SMILES string of the molecule is COC(=O)c1c(Nc2cnc(-c3cc(F)ccc3F)nc2)cccc1C1CC1. The number of methoxy groups -OCH3 is 1. The number of ether oxygens (including phenoxy) is 1. The van der Waals surface area contributed by atoms with E-state index in [1.54, 1.807) is 6.07 Å². The van der Waals surface area contributed by atoms with Gasteiger partial charge in [-0.05, 0) is 48.6 Å². The van der Waals surface area contributed by atoms with Crippen LogP contribution in [0.5, 0.6) is 0 Å². The molecule has 0 atom stereocenters. The first kappa shape index (κ1) is 18.0. The number of nitrogens with zero attached hydrogens (tertiary/aromatic N) is 2. The van der Waals surface area contributed by atoms with E-state index in [-0.39, 0.29) is 11.4 Å². The molecule has 1 aliphatic rings. The van der Waals surface area contributed by atoms with Crippen molar-refractivity contribution in [2.24, 2.45) is 0 Å². The number of nitrogens with one attached hydrogen (secondary N) is 1. The van der Waals surface area contributed by atoms with Crippen LogP contribution in [0.25, 0.3) is 11.4 Å². The molecule has 0 saturated heterocycles. The molecule has 28 heavy (non-hydrogen) atoms. The number of aromatic nitrogens is 2. The second-order valence-corrected chi connectivity index (χ2v) is 6.58. The predicted molar refractivity (Wildman–Crippen MR) is 100 cm³/mol. The van der Waals surface area contributed by atoms with Crippen molar-refractivity contribution >= 4 is 17.3 Å². The van der Waals surface area contributed by atoms with Crippen LogP contribution in [0.15, 0.2) is 48.8 Å². The maximum atomic E-state index is 13.9. The van der Waals surface area contributed by atoms with Crippen molar-refractivity contribution in [3.8, 4) is 11.4 Å². The van der Waals surface area contributed by atoms with Gasteiger partial charge in [0.2, 0.25) is 0 Å². The molecule has 0 spiro atoms. The quantitative estimate of drug-likeness (QED) is 0.642. The molecule has 4 rings (SSSR count). The zero-order valence-corrected chi connectivity index (χ0v) is 15.1. The monoisotopic (exact) mass is 381 g/mol. The van der Waals surface area contributed by atoms with Crippen LogP contribution in [0.3, 0.4) is 0 Å². The number of carbonyl (C=O) groups excluding carboxylic acids is 1. The molecule has 1 N–H and O–H groups in total. The summed E-state index contributed by atoms with van der Waals surface area (Å²) >= 11 is 0. The fourth-order valence-electron chi connectivity index (χ4n) is 3.09. The zero-order valence-electron chi connectivity index (χ0n) is 15.1. The van der Waals surface area contributed by atoms with E-state index in [0.717, 1.165) is 36.6 Å². The van der Waals surface area contributed by atoms with Crippen LogP contribution in [0.1, 0.15) is 34.7 Å². The second-order valence-electron chi connectivity index (χ2n) is 6.58. The summed E-state index contributed by atoms with van der Waals surface area (Å²) in [6.45, 7) is 0. The molecule has 3 aromatic rings. The van der Waals surface area contributed by atoms with Gasteiger partial charge in [0.15, 0.2) is 5.82 Å². The minimum absolute atomic E-state index is 0.0162. The van der Waals surface area contributed by atoms with Crippen molar-refractivity contribution in [3.05, 3.63) is 71.6 Å². The average Bonchev–Trinajstić information content (AvgIpc) is 3.55. The van der Waals surface area contributed by atoms with E-state index in [0.29, 0.717) is 22.9 Å². The Kier molecular flexibility index (Phi) is 4.73. The molecule has 0 radical (unpaired) electrons. The molecule has 5 nitrogen and oxygen atoms in total. The van der Waals surface area contributed by atoms with Crippen molar-refractivity contribution in [1.82, 2.24) is 9.97 Å². The van der Waals surface area contributed by atoms with Gasteiger partial charge in [0, 0.05) is 0 Å². The zero-order chi connectivity index (χ0) is 19.7. The maximum absolute atomic E-state index is 13.9. The number of rotatable bonds is 5. The summed E-state index contributed by atoms with van der Waals surface area (Å²) in [6, 6.07) is 8.70. The first-order valence-corrected chi connectivity index (χ1v) is 8.82. The second kappa shape index (κ2) is 7.34. The lowest BCUT2D eigenvalue weighted by molar-refractivity contribution is 0.0600.